The van der Waals surface area contributed by atoms with Crippen molar-refractivity contribution in [2.45, 2.75) is 11.4 Å². The van der Waals surface area contributed by atoms with Crippen LogP contribution in [0.3, 0.4) is 0 Å². The van der Waals surface area contributed by atoms with Crippen molar-refractivity contribution in [3.63, 3.8) is 0 Å². The van der Waals surface area contributed by atoms with E-state index in [1.807, 2.05) is 7.05 Å². The zero-order valence-electron chi connectivity index (χ0n) is 21.1. The van der Waals surface area contributed by atoms with Gasteiger partial charge in [0, 0.05) is 59.0 Å². The monoisotopic (exact) mass is 608 g/mol. The minimum atomic E-state index is -4.10. The molecule has 1 fully saturated rings. The molecular formula is C27H27Cl3N4O4S. The molecule has 0 aromatic heterocycles. The molecule has 8 nitrogen and oxygen atoms in total. The van der Waals surface area contributed by atoms with Crippen molar-refractivity contribution in [1.29, 1.82) is 0 Å². The van der Waals surface area contributed by atoms with Crippen molar-refractivity contribution in [2.75, 3.05) is 45.1 Å². The average molecular weight is 610 g/mol. The lowest BCUT2D eigenvalue weighted by Gasteiger charge is -2.32. The van der Waals surface area contributed by atoms with Crippen LogP contribution in [0.15, 0.2) is 71.6 Å². The molecule has 4 rings (SSSR count). The Labute approximate surface area is 243 Å². The van der Waals surface area contributed by atoms with E-state index < -0.39 is 22.5 Å². The Morgan fingerprint density at radius 3 is 2.10 bits per heavy atom. The number of halogens is 3. The van der Waals surface area contributed by atoms with E-state index in [4.69, 9.17) is 34.8 Å². The Morgan fingerprint density at radius 1 is 0.872 bits per heavy atom. The van der Waals surface area contributed by atoms with Crippen LogP contribution in [-0.4, -0.2) is 74.1 Å². The van der Waals surface area contributed by atoms with Crippen LogP contribution in [0.25, 0.3) is 0 Å². The van der Waals surface area contributed by atoms with Crippen molar-refractivity contribution in [2.24, 2.45) is 0 Å². The summed E-state index contributed by atoms with van der Waals surface area (Å²) < 4.78 is 28.0. The second kappa shape index (κ2) is 12.7. The number of anilines is 1. The zero-order valence-corrected chi connectivity index (χ0v) is 24.2. The number of amides is 2. The van der Waals surface area contributed by atoms with E-state index in [9.17, 15) is 18.0 Å². The fourth-order valence-corrected chi connectivity index (χ4v) is 6.04. The van der Waals surface area contributed by atoms with Gasteiger partial charge in [0.1, 0.15) is 0 Å². The molecule has 0 atom stereocenters. The maximum Gasteiger partial charge on any atom is 0.253 e. The Morgan fingerprint density at radius 2 is 1.49 bits per heavy atom. The van der Waals surface area contributed by atoms with Crippen LogP contribution in [0.5, 0.6) is 0 Å². The van der Waals surface area contributed by atoms with Gasteiger partial charge in [0.2, 0.25) is 15.9 Å². The predicted octanol–water partition coefficient (Wildman–Crippen LogP) is 4.86. The summed E-state index contributed by atoms with van der Waals surface area (Å²) in [4.78, 5) is 29.8. The molecule has 12 heteroatoms. The van der Waals surface area contributed by atoms with Gasteiger partial charge in [0.15, 0.2) is 0 Å². The van der Waals surface area contributed by atoms with Gasteiger partial charge in [-0.25, -0.2) is 8.42 Å². The molecule has 0 saturated carbocycles. The number of carbonyl (C=O) groups excluding carboxylic acids is 2. The molecule has 0 unspecified atom stereocenters. The van der Waals surface area contributed by atoms with Crippen LogP contribution in [0.4, 0.5) is 5.69 Å². The summed E-state index contributed by atoms with van der Waals surface area (Å²) in [5, 5.41) is 3.78. The fraction of sp³-hybridized carbons (Fsp3) is 0.259. The summed E-state index contributed by atoms with van der Waals surface area (Å²) >= 11 is 18.2. The Hall–Kier alpha value is -2.66. The van der Waals surface area contributed by atoms with E-state index in [0.29, 0.717) is 39.9 Å². The number of likely N-dealkylation sites (N-methyl/N-ethyl adjacent to an activating group) is 1. The molecular weight excluding hydrogens is 583 g/mol. The molecule has 0 bridgehead atoms. The van der Waals surface area contributed by atoms with Crippen LogP contribution in [0.1, 0.15) is 15.9 Å². The summed E-state index contributed by atoms with van der Waals surface area (Å²) in [6.45, 7) is 2.30. The Kier molecular flexibility index (Phi) is 9.53. The summed E-state index contributed by atoms with van der Waals surface area (Å²) in [7, 11) is -2.08. The smallest absolute Gasteiger partial charge is 0.253 e. The van der Waals surface area contributed by atoms with Gasteiger partial charge in [-0.2, -0.15) is 4.31 Å². The third-order valence-corrected chi connectivity index (χ3v) is 8.98. The first kappa shape index (κ1) is 29.3. The number of nitrogens with zero attached hydrogens (tertiary/aromatic N) is 3. The molecule has 206 valence electrons. The van der Waals surface area contributed by atoms with E-state index >= 15 is 0 Å². The van der Waals surface area contributed by atoms with Gasteiger partial charge in [-0.05, 0) is 73.3 Å². The Bertz CT molecular complexity index is 1440. The SMILES string of the molecule is CN1CCN(C(=O)c2ccc(NC(=O)CN(Cc3ccc(Cl)cc3Cl)S(=O)(=O)c3ccc(Cl)cc3)cc2)CC1. The minimum Gasteiger partial charge on any atom is -0.336 e. The first-order valence-electron chi connectivity index (χ1n) is 12.1. The number of nitrogens with one attached hydrogen (secondary N) is 1. The van der Waals surface area contributed by atoms with Gasteiger partial charge in [0.25, 0.3) is 5.91 Å². The lowest BCUT2D eigenvalue weighted by molar-refractivity contribution is -0.116. The third-order valence-electron chi connectivity index (χ3n) is 6.34. The second-order valence-corrected chi connectivity index (χ2v) is 12.4. The number of hydrogen-bond donors (Lipinski definition) is 1. The lowest BCUT2D eigenvalue weighted by Crippen LogP contribution is -2.47. The standard InChI is InChI=1S/C27H27Cl3N4O4S/c1-32-12-14-33(15-13-32)27(36)19-3-8-23(9-4-19)31-26(35)18-34(17-20-2-5-22(29)16-25(20)30)39(37,38)24-10-6-21(28)7-11-24/h2-11,16H,12-15,17-18H2,1H3,(H,31,35). The first-order valence-corrected chi connectivity index (χ1v) is 14.7. The number of piperazine rings is 1. The van der Waals surface area contributed by atoms with Crippen LogP contribution in [0.2, 0.25) is 15.1 Å². The molecule has 2 amide bonds. The molecule has 0 aliphatic carbocycles. The largest absolute Gasteiger partial charge is 0.336 e. The highest BCUT2D eigenvalue weighted by molar-refractivity contribution is 7.89. The molecule has 1 heterocycles. The molecule has 0 radical (unpaired) electrons. The number of sulfonamides is 1. The van der Waals surface area contributed by atoms with Gasteiger partial charge in [-0.15, -0.1) is 0 Å². The topological polar surface area (TPSA) is 90.0 Å². The van der Waals surface area contributed by atoms with E-state index in [0.717, 1.165) is 17.4 Å². The lowest BCUT2D eigenvalue weighted by atomic mass is 10.1. The maximum absolute atomic E-state index is 13.5. The average Bonchev–Trinajstić information content (AvgIpc) is 2.90. The van der Waals surface area contributed by atoms with Crippen LogP contribution in [-0.2, 0) is 21.4 Å². The highest BCUT2D eigenvalue weighted by Gasteiger charge is 2.28. The fourth-order valence-electron chi connectivity index (χ4n) is 4.07. The zero-order chi connectivity index (χ0) is 28.2. The predicted molar refractivity (Wildman–Crippen MR) is 154 cm³/mol. The molecule has 1 N–H and O–H groups in total. The van der Waals surface area contributed by atoms with Crippen LogP contribution >= 0.6 is 34.8 Å². The van der Waals surface area contributed by atoms with Crippen molar-refractivity contribution in [3.8, 4) is 0 Å². The van der Waals surface area contributed by atoms with Crippen LogP contribution in [0, 0.1) is 0 Å². The number of carbonyl (C=O) groups is 2. The molecule has 0 spiro atoms. The maximum atomic E-state index is 13.5. The minimum absolute atomic E-state index is 0.0171. The van der Waals surface area contributed by atoms with Crippen molar-refractivity contribution in [3.05, 3.63) is 92.9 Å². The van der Waals surface area contributed by atoms with Crippen molar-refractivity contribution >= 4 is 62.3 Å². The first-order chi connectivity index (χ1) is 18.5. The summed E-state index contributed by atoms with van der Waals surface area (Å²) in [5.74, 6) is -0.628. The molecule has 1 aliphatic rings. The molecule has 3 aromatic carbocycles. The van der Waals surface area contributed by atoms with Gasteiger partial charge >= 0.3 is 0 Å². The molecule has 1 aliphatic heterocycles. The summed E-state index contributed by atoms with van der Waals surface area (Å²) in [6.07, 6.45) is 0. The summed E-state index contributed by atoms with van der Waals surface area (Å²) in [6, 6.07) is 16.9. The van der Waals surface area contributed by atoms with Gasteiger partial charge in [0.05, 0.1) is 11.4 Å². The van der Waals surface area contributed by atoms with Crippen molar-refractivity contribution < 1.29 is 18.0 Å². The second-order valence-electron chi connectivity index (χ2n) is 9.18. The van der Waals surface area contributed by atoms with Gasteiger partial charge in [-0.1, -0.05) is 40.9 Å². The third kappa shape index (κ3) is 7.51. The van der Waals surface area contributed by atoms with E-state index in [2.05, 4.69) is 10.2 Å². The van der Waals surface area contributed by atoms with Crippen LogP contribution < -0.4 is 5.32 Å². The summed E-state index contributed by atoms with van der Waals surface area (Å²) in [5.41, 5.74) is 1.43. The molecule has 3 aromatic rings. The number of hydrogen-bond acceptors (Lipinski definition) is 5. The molecule has 39 heavy (non-hydrogen) atoms. The van der Waals surface area contributed by atoms with E-state index in [1.54, 1.807) is 41.3 Å². The van der Waals surface area contributed by atoms with E-state index in [-0.39, 0.29) is 22.4 Å². The van der Waals surface area contributed by atoms with Crippen molar-refractivity contribution in [1.82, 2.24) is 14.1 Å². The number of benzene rings is 3. The highest BCUT2D eigenvalue weighted by atomic mass is 35.5. The highest BCUT2D eigenvalue weighted by Crippen LogP contribution is 2.26. The molecule has 1 saturated heterocycles. The van der Waals surface area contributed by atoms with Gasteiger partial charge in [-0.3, -0.25) is 9.59 Å². The van der Waals surface area contributed by atoms with Gasteiger partial charge < -0.3 is 15.1 Å². The normalized spacial score (nSPS) is 14.4. The van der Waals surface area contributed by atoms with E-state index in [1.165, 1.54) is 30.3 Å². The quantitative estimate of drug-likeness (QED) is 0.394. The Balaban J connectivity index is 1.49. The number of rotatable bonds is 8.